The molecule has 1 spiro atoms. The maximum atomic E-state index is 4.85. The summed E-state index contributed by atoms with van der Waals surface area (Å²) in [4.78, 5) is 4.85. The Bertz CT molecular complexity index is 286. The van der Waals surface area contributed by atoms with Crippen LogP contribution in [0.2, 0.25) is 0 Å². The molecule has 2 fully saturated rings. The molecule has 4 heteroatoms. The van der Waals surface area contributed by atoms with Crippen molar-refractivity contribution in [2.24, 2.45) is 4.99 Å². The first-order chi connectivity index (χ1) is 8.74. The van der Waals surface area contributed by atoms with Gasteiger partial charge in [-0.05, 0) is 37.7 Å². The molecule has 0 bridgehead atoms. The number of hydrogen-bond donors (Lipinski definition) is 1. The van der Waals surface area contributed by atoms with Gasteiger partial charge in [-0.3, -0.25) is 4.99 Å². The quantitative estimate of drug-likeness (QED) is 0.775. The van der Waals surface area contributed by atoms with Gasteiger partial charge < -0.3 is 5.32 Å². The van der Waals surface area contributed by atoms with E-state index in [1.165, 1.54) is 61.0 Å². The molecule has 2 aliphatic rings. The summed E-state index contributed by atoms with van der Waals surface area (Å²) in [6, 6.07) is 0.470. The van der Waals surface area contributed by atoms with E-state index in [1.807, 2.05) is 23.5 Å². The van der Waals surface area contributed by atoms with E-state index in [0.717, 1.165) is 0 Å². The van der Waals surface area contributed by atoms with Crippen LogP contribution in [0.4, 0.5) is 0 Å². The first kappa shape index (κ1) is 14.6. The van der Waals surface area contributed by atoms with E-state index >= 15 is 0 Å². The molecule has 1 saturated carbocycles. The largest absolute Gasteiger partial charge is 0.359 e. The van der Waals surface area contributed by atoms with Crippen LogP contribution >= 0.6 is 23.5 Å². The smallest absolute Gasteiger partial charge is 0.157 e. The van der Waals surface area contributed by atoms with Gasteiger partial charge in [0.1, 0.15) is 0 Å². The minimum absolute atomic E-state index is 0.402. The van der Waals surface area contributed by atoms with Gasteiger partial charge in [-0.25, -0.2) is 0 Å². The molecule has 0 aromatic heterocycles. The predicted molar refractivity (Wildman–Crippen MR) is 85.9 cm³/mol. The zero-order valence-electron chi connectivity index (χ0n) is 11.7. The molecule has 1 aliphatic heterocycles. The summed E-state index contributed by atoms with van der Waals surface area (Å²) in [6.45, 7) is 4.47. The van der Waals surface area contributed by atoms with Gasteiger partial charge in [-0.15, -0.1) is 0 Å². The average molecular weight is 287 g/mol. The van der Waals surface area contributed by atoms with Crippen LogP contribution in [0.15, 0.2) is 4.99 Å². The minimum Gasteiger partial charge on any atom is -0.359 e. The van der Waals surface area contributed by atoms with Gasteiger partial charge in [-0.2, -0.15) is 11.8 Å². The van der Waals surface area contributed by atoms with Crippen molar-refractivity contribution >= 4 is 28.7 Å². The fourth-order valence-corrected chi connectivity index (χ4v) is 4.85. The van der Waals surface area contributed by atoms with Crippen molar-refractivity contribution in [3.63, 3.8) is 0 Å². The monoisotopic (exact) mass is 286 g/mol. The third-order valence-corrected chi connectivity index (χ3v) is 6.00. The molecule has 2 nitrogen and oxygen atoms in total. The molecule has 0 radical (unpaired) electrons. The van der Waals surface area contributed by atoms with Crippen LogP contribution in [0, 0.1) is 0 Å². The Morgan fingerprint density at radius 1 is 1.39 bits per heavy atom. The number of rotatable bonds is 5. The van der Waals surface area contributed by atoms with Crippen molar-refractivity contribution in [1.82, 2.24) is 5.32 Å². The molecule has 0 aromatic carbocycles. The highest BCUT2D eigenvalue weighted by atomic mass is 32.2. The van der Waals surface area contributed by atoms with Gasteiger partial charge in [-0.1, -0.05) is 37.9 Å². The van der Waals surface area contributed by atoms with Crippen molar-refractivity contribution in [3.8, 4) is 0 Å². The summed E-state index contributed by atoms with van der Waals surface area (Å²) < 4.78 is 0. The Balaban J connectivity index is 1.80. The van der Waals surface area contributed by atoms with Crippen LogP contribution in [-0.4, -0.2) is 34.0 Å². The van der Waals surface area contributed by atoms with Gasteiger partial charge >= 0.3 is 0 Å². The van der Waals surface area contributed by atoms with Crippen molar-refractivity contribution < 1.29 is 0 Å². The molecule has 2 rings (SSSR count). The fraction of sp³-hybridized carbons (Fsp3) is 0.929. The fourth-order valence-electron chi connectivity index (χ4n) is 2.74. The molecule has 1 N–H and O–H groups in total. The third kappa shape index (κ3) is 4.09. The topological polar surface area (TPSA) is 24.4 Å². The minimum atomic E-state index is 0.402. The van der Waals surface area contributed by atoms with E-state index in [-0.39, 0.29) is 0 Å². The van der Waals surface area contributed by atoms with Gasteiger partial charge in [0.15, 0.2) is 5.17 Å². The molecule has 104 valence electrons. The van der Waals surface area contributed by atoms with Gasteiger partial charge in [0.25, 0.3) is 0 Å². The molecule has 1 unspecified atom stereocenters. The first-order valence-electron chi connectivity index (χ1n) is 7.31. The lowest BCUT2D eigenvalue weighted by Crippen LogP contribution is -2.45. The van der Waals surface area contributed by atoms with Crippen LogP contribution in [0.25, 0.3) is 0 Å². The van der Waals surface area contributed by atoms with E-state index in [9.17, 15) is 0 Å². The Kier molecular flexibility index (Phi) is 5.74. The average Bonchev–Trinajstić information content (AvgIpc) is 2.73. The SMILES string of the molecule is CCSCCC(C)N=C1NC2(CCCCC2)CS1. The van der Waals surface area contributed by atoms with Crippen molar-refractivity contribution in [2.45, 2.75) is 64.0 Å². The van der Waals surface area contributed by atoms with Crippen LogP contribution in [-0.2, 0) is 0 Å². The zero-order chi connectivity index (χ0) is 12.8. The van der Waals surface area contributed by atoms with Crippen LogP contribution in [0.5, 0.6) is 0 Å². The Labute approximate surface area is 120 Å². The summed E-state index contributed by atoms with van der Waals surface area (Å²) in [5.74, 6) is 3.70. The molecule has 0 amide bonds. The standard InChI is InChI=1S/C14H26N2S2/c1-3-17-10-7-12(2)15-13-16-14(11-18-13)8-5-4-6-9-14/h12H,3-11H2,1-2H3,(H,15,16). The maximum absolute atomic E-state index is 4.85. The number of nitrogens with one attached hydrogen (secondary N) is 1. The number of amidine groups is 1. The van der Waals surface area contributed by atoms with E-state index in [0.29, 0.717) is 11.6 Å². The zero-order valence-corrected chi connectivity index (χ0v) is 13.3. The van der Waals surface area contributed by atoms with E-state index in [2.05, 4.69) is 19.2 Å². The molecular formula is C14H26N2S2. The molecule has 0 aromatic rings. The lowest BCUT2D eigenvalue weighted by atomic mass is 9.83. The summed E-state index contributed by atoms with van der Waals surface area (Å²) in [7, 11) is 0. The summed E-state index contributed by atoms with van der Waals surface area (Å²) in [6.07, 6.45) is 8.10. The highest BCUT2D eigenvalue weighted by Gasteiger charge is 2.38. The third-order valence-electron chi connectivity index (χ3n) is 3.89. The van der Waals surface area contributed by atoms with Gasteiger partial charge in [0, 0.05) is 11.3 Å². The highest BCUT2D eigenvalue weighted by Crippen LogP contribution is 2.36. The molecule has 18 heavy (non-hydrogen) atoms. The Morgan fingerprint density at radius 3 is 2.89 bits per heavy atom. The molecule has 1 aliphatic carbocycles. The van der Waals surface area contributed by atoms with Crippen molar-refractivity contribution in [3.05, 3.63) is 0 Å². The summed E-state index contributed by atoms with van der Waals surface area (Å²) in [5, 5.41) is 4.95. The van der Waals surface area contributed by atoms with E-state index in [1.54, 1.807) is 0 Å². The second-order valence-corrected chi connectivity index (χ2v) is 7.88. The second-order valence-electron chi connectivity index (χ2n) is 5.52. The summed E-state index contributed by atoms with van der Waals surface area (Å²) in [5.41, 5.74) is 0.402. The van der Waals surface area contributed by atoms with Crippen molar-refractivity contribution in [1.29, 1.82) is 0 Å². The van der Waals surface area contributed by atoms with Crippen LogP contribution < -0.4 is 5.32 Å². The number of thioether (sulfide) groups is 2. The Morgan fingerprint density at radius 2 is 2.17 bits per heavy atom. The Hall–Kier alpha value is 0.170. The number of hydrogen-bond acceptors (Lipinski definition) is 3. The van der Waals surface area contributed by atoms with E-state index in [4.69, 9.17) is 4.99 Å². The van der Waals surface area contributed by atoms with Crippen LogP contribution in [0.1, 0.15) is 52.4 Å². The molecular weight excluding hydrogens is 260 g/mol. The summed E-state index contributed by atoms with van der Waals surface area (Å²) >= 11 is 3.97. The lowest BCUT2D eigenvalue weighted by Gasteiger charge is -2.32. The molecule has 1 atom stereocenters. The molecule has 1 saturated heterocycles. The predicted octanol–water partition coefficient (Wildman–Crippen LogP) is 3.91. The van der Waals surface area contributed by atoms with Gasteiger partial charge in [0.2, 0.25) is 0 Å². The maximum Gasteiger partial charge on any atom is 0.157 e. The van der Waals surface area contributed by atoms with Crippen LogP contribution in [0.3, 0.4) is 0 Å². The normalized spacial score (nSPS) is 26.4. The lowest BCUT2D eigenvalue weighted by molar-refractivity contribution is 0.303. The van der Waals surface area contributed by atoms with Gasteiger partial charge in [0.05, 0.1) is 6.04 Å². The molecule has 1 heterocycles. The van der Waals surface area contributed by atoms with E-state index < -0.39 is 0 Å². The second kappa shape index (κ2) is 7.09. The first-order valence-corrected chi connectivity index (χ1v) is 9.45. The number of aliphatic imine (C=N–C) groups is 1. The number of nitrogens with zero attached hydrogens (tertiary/aromatic N) is 1. The highest BCUT2D eigenvalue weighted by molar-refractivity contribution is 8.14. The van der Waals surface area contributed by atoms with Crippen molar-refractivity contribution in [2.75, 3.05) is 17.3 Å².